The largest absolute Gasteiger partial charge is 0.495 e. The van der Waals surface area contributed by atoms with Crippen LogP contribution in [0, 0.1) is 31.4 Å². The van der Waals surface area contributed by atoms with E-state index in [4.69, 9.17) is 14.2 Å². The third-order valence-corrected chi connectivity index (χ3v) is 11.9. The van der Waals surface area contributed by atoms with Crippen LogP contribution in [0.25, 0.3) is 57.4 Å². The molecule has 0 bridgehead atoms. The zero-order valence-corrected chi connectivity index (χ0v) is 38.6. The second kappa shape index (κ2) is 19.5. The van der Waals surface area contributed by atoms with E-state index in [0.717, 1.165) is 69.4 Å². The van der Waals surface area contributed by atoms with E-state index in [2.05, 4.69) is 37.5 Å². The number of halogens is 2. The predicted molar refractivity (Wildman–Crippen MR) is 259 cm³/mol. The van der Waals surface area contributed by atoms with E-state index in [1.54, 1.807) is 57.2 Å². The van der Waals surface area contributed by atoms with E-state index in [1.807, 2.05) is 76.3 Å². The lowest BCUT2D eigenvalue weighted by molar-refractivity contribution is 0.233. The second-order valence-corrected chi connectivity index (χ2v) is 16.8. The Morgan fingerprint density at radius 3 is 1.87 bits per heavy atom. The molecular formula is C53H48F2N8O6. The molecule has 0 saturated heterocycles. The summed E-state index contributed by atoms with van der Waals surface area (Å²) in [5.74, 6) is 2.41. The number of fused-ring (bicyclic) bond motifs is 2. The number of aliphatic hydroxyl groups is 1. The minimum atomic E-state index is -0.558. The van der Waals surface area contributed by atoms with Gasteiger partial charge in [0.15, 0.2) is 11.6 Å². The summed E-state index contributed by atoms with van der Waals surface area (Å²) in [5.41, 5.74) is 8.20. The highest BCUT2D eigenvalue weighted by molar-refractivity contribution is 5.81. The number of ether oxygens (including phenoxy) is 3. The van der Waals surface area contributed by atoms with E-state index in [1.165, 1.54) is 30.3 Å². The highest BCUT2D eigenvalue weighted by Gasteiger charge is 2.26. The van der Waals surface area contributed by atoms with Gasteiger partial charge in [0.1, 0.15) is 35.6 Å². The van der Waals surface area contributed by atoms with Crippen molar-refractivity contribution in [2.24, 2.45) is 5.92 Å². The number of allylic oxidation sites excluding steroid dienone is 1. The van der Waals surface area contributed by atoms with Gasteiger partial charge in [0, 0.05) is 25.0 Å². The van der Waals surface area contributed by atoms with Crippen molar-refractivity contribution < 1.29 is 28.1 Å². The molecule has 1 N–H and O–H groups in total. The maximum absolute atomic E-state index is 13.5. The number of rotatable bonds is 9. The fourth-order valence-corrected chi connectivity index (χ4v) is 8.71. The quantitative estimate of drug-likeness (QED) is 0.149. The van der Waals surface area contributed by atoms with Crippen LogP contribution in [0.4, 0.5) is 8.78 Å². The summed E-state index contributed by atoms with van der Waals surface area (Å²) in [7, 11) is 3.24. The summed E-state index contributed by atoms with van der Waals surface area (Å²) < 4.78 is 51.9. The highest BCUT2D eigenvalue weighted by atomic mass is 19.1. The summed E-state index contributed by atoms with van der Waals surface area (Å²) in [6.45, 7) is 7.04. The minimum absolute atomic E-state index is 0.156. The van der Waals surface area contributed by atoms with Crippen LogP contribution in [0.5, 0.6) is 11.5 Å². The molecule has 0 spiro atoms. The lowest BCUT2D eigenvalue weighted by Gasteiger charge is -2.28. The maximum atomic E-state index is 13.5. The number of hydrogen-bond acceptors (Lipinski definition) is 10. The van der Waals surface area contributed by atoms with Gasteiger partial charge in [-0.2, -0.15) is 9.97 Å². The maximum Gasteiger partial charge on any atom is 0.279 e. The molecular weight excluding hydrogens is 883 g/mol. The summed E-state index contributed by atoms with van der Waals surface area (Å²) in [4.78, 5) is 42.5. The van der Waals surface area contributed by atoms with Crippen LogP contribution in [0.15, 0.2) is 126 Å². The van der Waals surface area contributed by atoms with Crippen LogP contribution in [0.2, 0.25) is 0 Å². The monoisotopic (exact) mass is 930 g/mol. The molecule has 4 aromatic carbocycles. The van der Waals surface area contributed by atoms with Crippen molar-refractivity contribution >= 4 is 23.5 Å². The van der Waals surface area contributed by atoms with Crippen molar-refractivity contribution in [1.82, 2.24) is 38.2 Å². The van der Waals surface area contributed by atoms with Crippen molar-refractivity contribution in [3.63, 3.8) is 0 Å². The van der Waals surface area contributed by atoms with Gasteiger partial charge in [-0.3, -0.25) is 9.59 Å². The average Bonchev–Trinajstić information content (AvgIpc) is 3.99. The van der Waals surface area contributed by atoms with Crippen LogP contribution >= 0.6 is 0 Å². The molecule has 16 heteroatoms. The standard InChI is InChI=1S/C27H25FN4O2.C26H23FN4O4/c1-17-10-21(11-19-4-9-23(25(12-19)34-3)31-15-18(2)29-16-31)27-30-26(33)13-24(32(27)14-17)20-5-7-22(28)8-6-20;1-16-13-30(15-28-16)21-8-3-17(11-22(21)34-2)12-23-25-29-26(33)20(14-32)24(31(25)9-10-35-23)18-4-6-19(27)7-5-18/h4-9,11-13,15-17H,10,14H2,1-3H3;3-8,11-13,15,32H,9-10,14H2,1-2H3/b21-11+;23-12-. The van der Waals surface area contributed by atoms with Gasteiger partial charge in [-0.15, -0.1) is 0 Å². The van der Waals surface area contributed by atoms with Gasteiger partial charge in [-0.05, 0) is 139 Å². The van der Waals surface area contributed by atoms with Gasteiger partial charge in [0.2, 0.25) is 0 Å². The number of methoxy groups -OCH3 is 2. The lowest BCUT2D eigenvalue weighted by Crippen LogP contribution is -2.29. The average molecular weight is 931 g/mol. The number of aromatic nitrogens is 8. The molecule has 6 heterocycles. The molecule has 2 aliphatic heterocycles. The fourth-order valence-electron chi connectivity index (χ4n) is 8.71. The Labute approximate surface area is 395 Å². The molecule has 0 radical (unpaired) electrons. The second-order valence-electron chi connectivity index (χ2n) is 16.8. The SMILES string of the molecule is COc1cc(/C=C2\CC(C)Cn3c(-c4ccc(F)cc4)cc(=O)nc32)ccc1-n1cnc(C)c1.COc1cc(/C=C2\OCCn3c2nc(=O)c(CO)c3-c2ccc(F)cc2)ccc1-n1cnc(C)c1. The minimum Gasteiger partial charge on any atom is -0.495 e. The zero-order chi connectivity index (χ0) is 48.3. The van der Waals surface area contributed by atoms with E-state index in [0.29, 0.717) is 53.5 Å². The first kappa shape index (κ1) is 45.9. The first-order valence-corrected chi connectivity index (χ1v) is 22.2. The number of benzene rings is 4. The van der Waals surface area contributed by atoms with Crippen molar-refractivity contribution in [3.05, 3.63) is 188 Å². The first-order chi connectivity index (χ1) is 33.4. The molecule has 0 aliphatic carbocycles. The Bertz CT molecular complexity index is 3390. The molecule has 0 saturated carbocycles. The molecule has 350 valence electrons. The van der Waals surface area contributed by atoms with Gasteiger partial charge in [0.25, 0.3) is 11.1 Å². The van der Waals surface area contributed by atoms with E-state index in [-0.39, 0.29) is 22.8 Å². The Balaban J connectivity index is 0.000000172. The molecule has 2 aliphatic rings. The summed E-state index contributed by atoms with van der Waals surface area (Å²) >= 11 is 0. The van der Waals surface area contributed by atoms with E-state index >= 15 is 0 Å². The molecule has 0 fully saturated rings. The van der Waals surface area contributed by atoms with Crippen LogP contribution < -0.4 is 20.6 Å². The Hall–Kier alpha value is -8.24. The summed E-state index contributed by atoms with van der Waals surface area (Å²) in [6.07, 6.45) is 12.0. The van der Waals surface area contributed by atoms with Gasteiger partial charge < -0.3 is 37.6 Å². The van der Waals surface area contributed by atoms with Crippen molar-refractivity contribution in [3.8, 4) is 45.4 Å². The number of nitrogens with zero attached hydrogens (tertiary/aromatic N) is 8. The Morgan fingerprint density at radius 2 is 1.32 bits per heavy atom. The number of imidazole rings is 2. The van der Waals surface area contributed by atoms with Crippen LogP contribution in [0.1, 0.15) is 53.1 Å². The summed E-state index contributed by atoms with van der Waals surface area (Å²) in [6, 6.07) is 25.2. The number of aryl methyl sites for hydroxylation is 2. The van der Waals surface area contributed by atoms with E-state index < -0.39 is 12.2 Å². The van der Waals surface area contributed by atoms with Crippen molar-refractivity contribution in [2.45, 2.75) is 46.9 Å². The van der Waals surface area contributed by atoms with Gasteiger partial charge >= 0.3 is 0 Å². The molecule has 1 unspecified atom stereocenters. The van der Waals surface area contributed by atoms with Crippen molar-refractivity contribution in [2.75, 3.05) is 20.8 Å². The smallest absolute Gasteiger partial charge is 0.279 e. The lowest BCUT2D eigenvalue weighted by atomic mass is 9.93. The molecule has 14 nitrogen and oxygen atoms in total. The first-order valence-electron chi connectivity index (χ1n) is 22.2. The van der Waals surface area contributed by atoms with E-state index in [9.17, 15) is 23.5 Å². The highest BCUT2D eigenvalue weighted by Crippen LogP contribution is 2.36. The van der Waals surface area contributed by atoms with Gasteiger partial charge in [0.05, 0.1) is 79.7 Å². The number of aliphatic hydroxyl groups excluding tert-OH is 1. The molecule has 10 rings (SSSR count). The third kappa shape index (κ3) is 9.65. The van der Waals surface area contributed by atoms with Gasteiger partial charge in [-0.1, -0.05) is 19.1 Å². The fraction of sp³-hybridized carbons (Fsp3) is 0.208. The van der Waals surface area contributed by atoms with Crippen LogP contribution in [-0.4, -0.2) is 64.1 Å². The Morgan fingerprint density at radius 1 is 0.739 bits per heavy atom. The Kier molecular flexibility index (Phi) is 13.0. The van der Waals surface area contributed by atoms with Crippen LogP contribution in [0.3, 0.4) is 0 Å². The number of hydrogen-bond donors (Lipinski definition) is 1. The molecule has 8 aromatic rings. The summed E-state index contributed by atoms with van der Waals surface area (Å²) in [5, 5.41) is 9.90. The van der Waals surface area contributed by atoms with Gasteiger partial charge in [-0.25, -0.2) is 18.7 Å². The third-order valence-electron chi connectivity index (χ3n) is 11.9. The molecule has 69 heavy (non-hydrogen) atoms. The topological polar surface area (TPSA) is 153 Å². The predicted octanol–water partition coefficient (Wildman–Crippen LogP) is 8.71. The normalized spacial score (nSPS) is 15.2. The zero-order valence-electron chi connectivity index (χ0n) is 38.6. The molecule has 0 amide bonds. The van der Waals surface area contributed by atoms with Crippen LogP contribution in [-0.2, 0) is 24.4 Å². The molecule has 1 atom stereocenters. The van der Waals surface area contributed by atoms with Crippen molar-refractivity contribution in [1.29, 1.82) is 0 Å². The molecule has 4 aromatic heterocycles.